The number of thiazole rings is 1. The molecule has 0 bridgehead atoms. The summed E-state index contributed by atoms with van der Waals surface area (Å²) in [5.41, 5.74) is 2.33. The Labute approximate surface area is 140 Å². The van der Waals surface area contributed by atoms with Crippen molar-refractivity contribution in [3.63, 3.8) is 0 Å². The number of benzene rings is 1. The third kappa shape index (κ3) is 4.39. The van der Waals surface area contributed by atoms with Gasteiger partial charge in [-0.25, -0.2) is 4.98 Å². The van der Waals surface area contributed by atoms with Gasteiger partial charge in [0.2, 0.25) is 0 Å². The van der Waals surface area contributed by atoms with E-state index >= 15 is 0 Å². The van der Waals surface area contributed by atoms with Crippen LogP contribution in [0.15, 0.2) is 35.7 Å². The number of carboxylic acids is 1. The standard InChI is InChI=1S/C18H22N2O2S/c21-18(22)16-8-4-5-11-20(16)12-15-13-23-17(19-15)10-9-14-6-2-1-3-7-14/h1-3,6-7,13,16H,4-5,8-12H2,(H,21,22). The first kappa shape index (κ1) is 16.1. The number of aliphatic carboxylic acids is 1. The fourth-order valence-electron chi connectivity index (χ4n) is 3.10. The van der Waals surface area contributed by atoms with Crippen LogP contribution in [0.2, 0.25) is 0 Å². The molecule has 3 rings (SSSR count). The van der Waals surface area contributed by atoms with E-state index in [2.05, 4.69) is 34.5 Å². The van der Waals surface area contributed by atoms with Crippen LogP contribution in [-0.2, 0) is 24.2 Å². The molecule has 0 aliphatic carbocycles. The number of carbonyl (C=O) groups is 1. The summed E-state index contributed by atoms with van der Waals surface area (Å²) in [6, 6.07) is 10.1. The first-order valence-electron chi connectivity index (χ1n) is 8.16. The maximum atomic E-state index is 11.4. The maximum Gasteiger partial charge on any atom is 0.320 e. The van der Waals surface area contributed by atoms with E-state index in [1.807, 2.05) is 6.07 Å². The Hall–Kier alpha value is -1.72. The molecule has 1 aromatic carbocycles. The number of aromatic nitrogens is 1. The van der Waals surface area contributed by atoms with E-state index < -0.39 is 5.97 Å². The summed E-state index contributed by atoms with van der Waals surface area (Å²) in [6.07, 6.45) is 4.77. The van der Waals surface area contributed by atoms with Crippen LogP contribution in [0, 0.1) is 0 Å². The minimum atomic E-state index is -0.704. The molecule has 0 saturated carbocycles. The average Bonchev–Trinajstić information content (AvgIpc) is 3.02. The summed E-state index contributed by atoms with van der Waals surface area (Å²) in [5.74, 6) is -0.704. The molecule has 5 heteroatoms. The molecule has 1 aromatic heterocycles. The van der Waals surface area contributed by atoms with Gasteiger partial charge in [-0.1, -0.05) is 36.8 Å². The van der Waals surface area contributed by atoms with E-state index in [-0.39, 0.29) is 6.04 Å². The second kappa shape index (κ2) is 7.70. The third-order valence-electron chi connectivity index (χ3n) is 4.33. The minimum absolute atomic E-state index is 0.349. The molecule has 0 spiro atoms. The molecule has 1 atom stereocenters. The van der Waals surface area contributed by atoms with Gasteiger partial charge in [-0.05, 0) is 31.4 Å². The van der Waals surface area contributed by atoms with Crippen LogP contribution in [0.1, 0.15) is 35.5 Å². The van der Waals surface area contributed by atoms with Gasteiger partial charge in [0.05, 0.1) is 10.7 Å². The summed E-state index contributed by atoms with van der Waals surface area (Å²) in [6.45, 7) is 1.51. The highest BCUT2D eigenvalue weighted by Gasteiger charge is 2.28. The molecule has 1 aliphatic rings. The highest BCUT2D eigenvalue weighted by Crippen LogP contribution is 2.21. The highest BCUT2D eigenvalue weighted by atomic mass is 32.1. The Morgan fingerprint density at radius 3 is 2.87 bits per heavy atom. The smallest absolute Gasteiger partial charge is 0.320 e. The average molecular weight is 330 g/mol. The van der Waals surface area contributed by atoms with Crippen LogP contribution in [0.4, 0.5) is 0 Å². The van der Waals surface area contributed by atoms with Crippen molar-refractivity contribution < 1.29 is 9.90 Å². The summed E-state index contributed by atoms with van der Waals surface area (Å²) in [5, 5.41) is 12.6. The fourth-order valence-corrected chi connectivity index (χ4v) is 3.89. The molecule has 1 aliphatic heterocycles. The number of piperidine rings is 1. The fraction of sp³-hybridized carbons (Fsp3) is 0.444. The molecule has 122 valence electrons. The van der Waals surface area contributed by atoms with Gasteiger partial charge in [-0.3, -0.25) is 9.69 Å². The molecule has 1 unspecified atom stereocenters. The molecule has 1 saturated heterocycles. The number of carboxylic acid groups (broad SMARTS) is 1. The van der Waals surface area contributed by atoms with Crippen LogP contribution >= 0.6 is 11.3 Å². The molecule has 1 fully saturated rings. The van der Waals surface area contributed by atoms with Crippen molar-refractivity contribution in [2.24, 2.45) is 0 Å². The number of rotatable bonds is 6. The van der Waals surface area contributed by atoms with Gasteiger partial charge in [0.25, 0.3) is 0 Å². The largest absolute Gasteiger partial charge is 0.480 e. The minimum Gasteiger partial charge on any atom is -0.480 e. The van der Waals surface area contributed by atoms with Gasteiger partial charge >= 0.3 is 5.97 Å². The van der Waals surface area contributed by atoms with E-state index in [0.29, 0.717) is 6.54 Å². The number of likely N-dealkylation sites (tertiary alicyclic amines) is 1. The molecular formula is C18H22N2O2S. The van der Waals surface area contributed by atoms with Gasteiger partial charge in [0.15, 0.2) is 0 Å². The Bertz CT molecular complexity index is 641. The zero-order valence-electron chi connectivity index (χ0n) is 13.1. The van der Waals surface area contributed by atoms with Crippen molar-refractivity contribution in [2.75, 3.05) is 6.54 Å². The van der Waals surface area contributed by atoms with Crippen molar-refractivity contribution in [1.29, 1.82) is 0 Å². The SMILES string of the molecule is O=C(O)C1CCCCN1Cc1csc(CCc2ccccc2)n1. The number of hydrogen-bond donors (Lipinski definition) is 1. The molecular weight excluding hydrogens is 308 g/mol. The first-order chi connectivity index (χ1) is 11.2. The van der Waals surface area contributed by atoms with Crippen LogP contribution < -0.4 is 0 Å². The van der Waals surface area contributed by atoms with Crippen LogP contribution in [0.5, 0.6) is 0 Å². The van der Waals surface area contributed by atoms with Crippen molar-refractivity contribution >= 4 is 17.3 Å². The molecule has 0 amide bonds. The lowest BCUT2D eigenvalue weighted by Crippen LogP contribution is -2.44. The lowest BCUT2D eigenvalue weighted by atomic mass is 10.0. The quantitative estimate of drug-likeness (QED) is 0.882. The van der Waals surface area contributed by atoms with Gasteiger partial charge in [-0.2, -0.15) is 0 Å². The second-order valence-electron chi connectivity index (χ2n) is 6.04. The second-order valence-corrected chi connectivity index (χ2v) is 6.98. The molecule has 0 radical (unpaired) electrons. The Balaban J connectivity index is 1.57. The summed E-state index contributed by atoms with van der Waals surface area (Å²) in [7, 11) is 0. The van der Waals surface area contributed by atoms with Crippen molar-refractivity contribution in [3.05, 3.63) is 52.0 Å². The normalized spacial score (nSPS) is 18.9. The van der Waals surface area contributed by atoms with Gasteiger partial charge in [0, 0.05) is 18.3 Å². The van der Waals surface area contributed by atoms with E-state index in [9.17, 15) is 9.90 Å². The van der Waals surface area contributed by atoms with Gasteiger partial charge < -0.3 is 5.11 Å². The maximum absolute atomic E-state index is 11.4. The summed E-state index contributed by atoms with van der Waals surface area (Å²) < 4.78 is 0. The van der Waals surface area contributed by atoms with E-state index in [0.717, 1.165) is 49.4 Å². The van der Waals surface area contributed by atoms with Crippen molar-refractivity contribution in [1.82, 2.24) is 9.88 Å². The zero-order chi connectivity index (χ0) is 16.1. The number of aryl methyl sites for hydroxylation is 2. The van der Waals surface area contributed by atoms with Gasteiger partial charge in [0.1, 0.15) is 6.04 Å². The van der Waals surface area contributed by atoms with E-state index in [1.54, 1.807) is 11.3 Å². The zero-order valence-corrected chi connectivity index (χ0v) is 14.0. The Morgan fingerprint density at radius 2 is 2.09 bits per heavy atom. The topological polar surface area (TPSA) is 53.4 Å². The lowest BCUT2D eigenvalue weighted by Gasteiger charge is -2.32. The van der Waals surface area contributed by atoms with E-state index in [1.165, 1.54) is 5.56 Å². The van der Waals surface area contributed by atoms with Crippen LogP contribution in [0.25, 0.3) is 0 Å². The number of hydrogen-bond acceptors (Lipinski definition) is 4. The third-order valence-corrected chi connectivity index (χ3v) is 5.29. The van der Waals surface area contributed by atoms with Crippen LogP contribution in [-0.4, -0.2) is 33.5 Å². The Morgan fingerprint density at radius 1 is 1.26 bits per heavy atom. The van der Waals surface area contributed by atoms with Crippen molar-refractivity contribution in [3.8, 4) is 0 Å². The lowest BCUT2D eigenvalue weighted by molar-refractivity contribution is -0.144. The highest BCUT2D eigenvalue weighted by molar-refractivity contribution is 7.09. The molecule has 2 heterocycles. The molecule has 4 nitrogen and oxygen atoms in total. The Kier molecular flexibility index (Phi) is 5.41. The predicted octanol–water partition coefficient (Wildman–Crippen LogP) is 3.37. The predicted molar refractivity (Wildman–Crippen MR) is 91.6 cm³/mol. The first-order valence-corrected chi connectivity index (χ1v) is 9.04. The molecule has 23 heavy (non-hydrogen) atoms. The molecule has 1 N–H and O–H groups in total. The van der Waals surface area contributed by atoms with E-state index in [4.69, 9.17) is 4.98 Å². The monoisotopic (exact) mass is 330 g/mol. The van der Waals surface area contributed by atoms with Gasteiger partial charge in [-0.15, -0.1) is 11.3 Å². The summed E-state index contributed by atoms with van der Waals surface area (Å²) in [4.78, 5) is 18.1. The molecule has 2 aromatic rings. The summed E-state index contributed by atoms with van der Waals surface area (Å²) >= 11 is 1.68. The van der Waals surface area contributed by atoms with Crippen molar-refractivity contribution in [2.45, 2.75) is 44.7 Å². The number of nitrogens with zero attached hydrogens (tertiary/aromatic N) is 2. The van der Waals surface area contributed by atoms with Crippen LogP contribution in [0.3, 0.4) is 0 Å².